The molecule has 0 spiro atoms. The van der Waals surface area contributed by atoms with Crippen LogP contribution in [0.1, 0.15) is 38.7 Å². The van der Waals surface area contributed by atoms with Gasteiger partial charge in [-0.3, -0.25) is 4.68 Å². The lowest BCUT2D eigenvalue weighted by molar-refractivity contribution is -0.0304. The van der Waals surface area contributed by atoms with Crippen LogP contribution >= 0.6 is 0 Å². The van der Waals surface area contributed by atoms with Gasteiger partial charge in [-0.2, -0.15) is 5.10 Å². The maximum atomic E-state index is 10.6. The molecule has 90 valence electrons. The van der Waals surface area contributed by atoms with E-state index in [1.54, 1.807) is 4.68 Å². The summed E-state index contributed by atoms with van der Waals surface area (Å²) in [6.07, 6.45) is 7.70. The van der Waals surface area contributed by atoms with E-state index in [1.807, 2.05) is 19.4 Å². The SMILES string of the molecule is CC1CC(C)CC(O)(Cc2cnn(C)c2)C1. The van der Waals surface area contributed by atoms with E-state index in [-0.39, 0.29) is 0 Å². The van der Waals surface area contributed by atoms with Gasteiger partial charge in [-0.1, -0.05) is 13.8 Å². The Hall–Kier alpha value is -0.830. The molecule has 1 fully saturated rings. The molecule has 1 N–H and O–H groups in total. The molecule has 0 aromatic carbocycles. The van der Waals surface area contributed by atoms with Crippen LogP contribution in [0.5, 0.6) is 0 Å². The first-order chi connectivity index (χ1) is 7.47. The highest BCUT2D eigenvalue weighted by Gasteiger charge is 2.36. The minimum atomic E-state index is -0.514. The summed E-state index contributed by atoms with van der Waals surface area (Å²) in [6, 6.07) is 0. The lowest BCUT2D eigenvalue weighted by atomic mass is 9.71. The van der Waals surface area contributed by atoms with Crippen molar-refractivity contribution in [2.75, 3.05) is 0 Å². The molecule has 1 aromatic heterocycles. The van der Waals surface area contributed by atoms with Gasteiger partial charge in [0.2, 0.25) is 0 Å². The lowest BCUT2D eigenvalue weighted by Gasteiger charge is -2.38. The molecule has 3 heteroatoms. The average molecular weight is 222 g/mol. The first-order valence-corrected chi connectivity index (χ1v) is 6.17. The Labute approximate surface area is 97.5 Å². The van der Waals surface area contributed by atoms with Gasteiger partial charge < -0.3 is 5.11 Å². The van der Waals surface area contributed by atoms with Crippen LogP contribution in [0, 0.1) is 11.8 Å². The van der Waals surface area contributed by atoms with Crippen LogP contribution in [-0.2, 0) is 13.5 Å². The largest absolute Gasteiger partial charge is 0.390 e. The van der Waals surface area contributed by atoms with E-state index in [2.05, 4.69) is 18.9 Å². The van der Waals surface area contributed by atoms with Gasteiger partial charge in [-0.15, -0.1) is 0 Å². The van der Waals surface area contributed by atoms with Gasteiger partial charge in [-0.25, -0.2) is 0 Å². The number of hydrogen-bond acceptors (Lipinski definition) is 2. The van der Waals surface area contributed by atoms with Gasteiger partial charge >= 0.3 is 0 Å². The molecule has 2 rings (SSSR count). The van der Waals surface area contributed by atoms with Crippen molar-refractivity contribution in [3.63, 3.8) is 0 Å². The van der Waals surface area contributed by atoms with Gasteiger partial charge in [0.1, 0.15) is 0 Å². The molecule has 0 radical (unpaired) electrons. The van der Waals surface area contributed by atoms with Gasteiger partial charge in [0.15, 0.2) is 0 Å². The van der Waals surface area contributed by atoms with Gasteiger partial charge in [0.25, 0.3) is 0 Å². The minimum Gasteiger partial charge on any atom is -0.390 e. The quantitative estimate of drug-likeness (QED) is 0.832. The summed E-state index contributed by atoms with van der Waals surface area (Å²) < 4.78 is 1.80. The monoisotopic (exact) mass is 222 g/mol. The van der Waals surface area contributed by atoms with Crippen molar-refractivity contribution in [3.8, 4) is 0 Å². The summed E-state index contributed by atoms with van der Waals surface area (Å²) in [4.78, 5) is 0. The fourth-order valence-corrected chi connectivity index (χ4v) is 3.32. The van der Waals surface area contributed by atoms with Crippen molar-refractivity contribution in [1.82, 2.24) is 9.78 Å². The second-order valence-corrected chi connectivity index (χ2v) is 5.78. The molecule has 1 aliphatic rings. The molecule has 1 saturated carbocycles. The molecule has 2 unspecified atom stereocenters. The maximum Gasteiger partial charge on any atom is 0.0694 e. The van der Waals surface area contributed by atoms with Gasteiger partial charge in [-0.05, 0) is 36.7 Å². The van der Waals surface area contributed by atoms with Crippen LogP contribution in [0.25, 0.3) is 0 Å². The summed E-state index contributed by atoms with van der Waals surface area (Å²) in [5.41, 5.74) is 0.631. The summed E-state index contributed by atoms with van der Waals surface area (Å²) in [5.74, 6) is 1.26. The van der Waals surface area contributed by atoms with Crippen LogP contribution in [0.15, 0.2) is 12.4 Å². The van der Waals surface area contributed by atoms with Gasteiger partial charge in [0, 0.05) is 19.7 Å². The Morgan fingerprint density at radius 2 is 2.06 bits per heavy atom. The zero-order valence-corrected chi connectivity index (χ0v) is 10.5. The number of aryl methyl sites for hydroxylation is 1. The smallest absolute Gasteiger partial charge is 0.0694 e. The van der Waals surface area contributed by atoms with Crippen molar-refractivity contribution in [2.24, 2.45) is 18.9 Å². The van der Waals surface area contributed by atoms with E-state index in [1.165, 1.54) is 6.42 Å². The van der Waals surface area contributed by atoms with Crippen LogP contribution in [0.3, 0.4) is 0 Å². The molecule has 16 heavy (non-hydrogen) atoms. The van der Waals surface area contributed by atoms with Crippen molar-refractivity contribution in [3.05, 3.63) is 18.0 Å². The Bertz CT molecular complexity index is 349. The molecule has 0 saturated heterocycles. The molecule has 0 bridgehead atoms. The van der Waals surface area contributed by atoms with E-state index in [0.29, 0.717) is 11.8 Å². The Kier molecular flexibility index (Phi) is 3.06. The van der Waals surface area contributed by atoms with E-state index in [4.69, 9.17) is 0 Å². The molecule has 0 aliphatic heterocycles. The molecule has 0 amide bonds. The Morgan fingerprint density at radius 3 is 2.56 bits per heavy atom. The van der Waals surface area contributed by atoms with Crippen molar-refractivity contribution in [1.29, 1.82) is 0 Å². The fourth-order valence-electron chi connectivity index (χ4n) is 3.32. The first kappa shape index (κ1) is 11.6. The molecule has 3 nitrogen and oxygen atoms in total. The highest BCUT2D eigenvalue weighted by molar-refractivity contribution is 5.09. The Balaban J connectivity index is 2.07. The van der Waals surface area contributed by atoms with Crippen molar-refractivity contribution in [2.45, 2.75) is 45.1 Å². The predicted octanol–water partition coefficient (Wildman–Crippen LogP) is 2.15. The van der Waals surface area contributed by atoms with Crippen molar-refractivity contribution < 1.29 is 5.11 Å². The summed E-state index contributed by atoms with van der Waals surface area (Å²) in [7, 11) is 1.92. The highest BCUT2D eigenvalue weighted by atomic mass is 16.3. The molecule has 2 atom stereocenters. The topological polar surface area (TPSA) is 38.1 Å². The first-order valence-electron chi connectivity index (χ1n) is 6.17. The number of rotatable bonds is 2. The highest BCUT2D eigenvalue weighted by Crippen LogP contribution is 2.37. The van der Waals surface area contributed by atoms with Crippen LogP contribution in [-0.4, -0.2) is 20.5 Å². The zero-order chi connectivity index (χ0) is 11.8. The number of hydrogen-bond donors (Lipinski definition) is 1. The third kappa shape index (κ3) is 2.64. The normalized spacial score (nSPS) is 35.2. The van der Waals surface area contributed by atoms with E-state index < -0.39 is 5.60 Å². The van der Waals surface area contributed by atoms with Crippen molar-refractivity contribution >= 4 is 0 Å². The molecular weight excluding hydrogens is 200 g/mol. The van der Waals surface area contributed by atoms with Gasteiger partial charge in [0.05, 0.1) is 11.8 Å². The summed E-state index contributed by atoms with van der Waals surface area (Å²) in [6.45, 7) is 4.48. The zero-order valence-electron chi connectivity index (χ0n) is 10.5. The number of nitrogens with zero attached hydrogens (tertiary/aromatic N) is 2. The summed E-state index contributed by atoms with van der Waals surface area (Å²) in [5, 5.41) is 14.8. The lowest BCUT2D eigenvalue weighted by Crippen LogP contribution is -2.39. The number of aliphatic hydroxyl groups is 1. The molecule has 1 aliphatic carbocycles. The fraction of sp³-hybridized carbons (Fsp3) is 0.769. The predicted molar refractivity (Wildman–Crippen MR) is 64.0 cm³/mol. The molecule has 1 heterocycles. The van der Waals surface area contributed by atoms with Crippen LogP contribution in [0.2, 0.25) is 0 Å². The molecule has 1 aromatic rings. The Morgan fingerprint density at radius 1 is 1.44 bits per heavy atom. The van der Waals surface area contributed by atoms with Crippen LogP contribution < -0.4 is 0 Å². The standard InChI is InChI=1S/C13H22N2O/c1-10-4-11(2)6-13(16,5-10)7-12-8-14-15(3)9-12/h8-11,16H,4-7H2,1-3H3. The van der Waals surface area contributed by atoms with Crippen LogP contribution in [0.4, 0.5) is 0 Å². The third-order valence-electron chi connectivity index (χ3n) is 3.55. The average Bonchev–Trinajstić information content (AvgIpc) is 2.47. The van der Waals surface area contributed by atoms with E-state index in [9.17, 15) is 5.11 Å². The third-order valence-corrected chi connectivity index (χ3v) is 3.55. The minimum absolute atomic E-state index is 0.514. The second kappa shape index (κ2) is 4.21. The van der Waals surface area contributed by atoms with E-state index >= 15 is 0 Å². The number of aromatic nitrogens is 2. The maximum absolute atomic E-state index is 10.6. The second-order valence-electron chi connectivity index (χ2n) is 5.78. The van der Waals surface area contributed by atoms with E-state index in [0.717, 1.165) is 24.8 Å². The molecular formula is C13H22N2O. The summed E-state index contributed by atoms with van der Waals surface area (Å²) >= 11 is 0.